The summed E-state index contributed by atoms with van der Waals surface area (Å²) in [4.78, 5) is 40.0. The van der Waals surface area contributed by atoms with Crippen molar-refractivity contribution in [2.24, 2.45) is 0 Å². The van der Waals surface area contributed by atoms with Crippen LogP contribution >= 0.6 is 7.82 Å². The minimum absolute atomic E-state index is 0.0393. The van der Waals surface area contributed by atoms with E-state index in [9.17, 15) is 19.0 Å². The molecule has 3 unspecified atom stereocenters. The summed E-state index contributed by atoms with van der Waals surface area (Å²) in [5.41, 5.74) is 0. The van der Waals surface area contributed by atoms with E-state index in [1.807, 2.05) is 94.1 Å². The predicted octanol–water partition coefficient (Wildman–Crippen LogP) is 19.8. The number of ether oxygens (including phenoxy) is 1. The van der Waals surface area contributed by atoms with Gasteiger partial charge in [-0.05, 0) is 96.0 Å². The van der Waals surface area contributed by atoms with Crippen LogP contribution in [-0.2, 0) is 27.9 Å². The zero-order valence-electron chi connectivity index (χ0n) is 52.7. The fraction of sp³-hybridized carbons (Fsp3) is 0.662. The smallest absolute Gasteiger partial charge is 0.306 e. The van der Waals surface area contributed by atoms with Crippen LogP contribution in [0, 0.1) is 0 Å². The van der Waals surface area contributed by atoms with Crippen molar-refractivity contribution >= 4 is 19.7 Å². The van der Waals surface area contributed by atoms with Gasteiger partial charge in [0, 0.05) is 12.8 Å². The zero-order valence-corrected chi connectivity index (χ0v) is 53.6. The monoisotopic (exact) mass is 1140 g/mol. The number of phosphoric acid groups is 1. The first-order valence-electron chi connectivity index (χ1n) is 32.6. The summed E-state index contributed by atoms with van der Waals surface area (Å²) in [5.74, 6) is -0.604. The Morgan fingerprint density at radius 1 is 0.457 bits per heavy atom. The van der Waals surface area contributed by atoms with Crippen molar-refractivity contribution in [3.05, 3.63) is 134 Å². The summed E-state index contributed by atoms with van der Waals surface area (Å²) in [6.45, 7) is 6.61. The molecule has 0 bridgehead atoms. The fourth-order valence-electron chi connectivity index (χ4n) is 8.71. The molecule has 0 heterocycles. The molecule has 9 nitrogen and oxygen atoms in total. The topological polar surface area (TPSA) is 114 Å². The van der Waals surface area contributed by atoms with Crippen LogP contribution in [0.5, 0.6) is 0 Å². The Morgan fingerprint density at radius 2 is 0.840 bits per heavy atom. The number of hydrogen-bond donors (Lipinski definition) is 1. The van der Waals surface area contributed by atoms with Crippen LogP contribution in [-0.4, -0.2) is 69.4 Å². The van der Waals surface area contributed by atoms with Gasteiger partial charge in [-0.25, -0.2) is 0 Å². The van der Waals surface area contributed by atoms with Gasteiger partial charge in [0.15, 0.2) is 0 Å². The van der Waals surface area contributed by atoms with Gasteiger partial charge in [-0.15, -0.1) is 0 Å². The highest BCUT2D eigenvalue weighted by Gasteiger charge is 2.27. The van der Waals surface area contributed by atoms with E-state index in [-0.39, 0.29) is 31.3 Å². The number of hydrogen-bond acceptors (Lipinski definition) is 7. The Labute approximate surface area is 498 Å². The minimum atomic E-state index is -4.72. The molecule has 0 saturated carbocycles. The Kier molecular flexibility index (Phi) is 56.5. The third kappa shape index (κ3) is 60.6. The number of carbonyl (C=O) groups is 2. The van der Waals surface area contributed by atoms with Crippen LogP contribution < -0.4 is 10.2 Å². The Balaban J connectivity index is 5.15. The molecular weight excluding hydrogens is 1020 g/mol. The number of amides is 1. The lowest BCUT2D eigenvalue weighted by molar-refractivity contribution is -0.870. The maximum Gasteiger partial charge on any atom is 0.306 e. The number of carbonyl (C=O) groups excluding carboxylic acids is 2. The third-order valence-electron chi connectivity index (χ3n) is 13.7. The standard InChI is InChI=1S/C71H121N2O7P/c1-7-10-13-16-19-22-25-27-29-31-32-33-34-35-36-37-38-39-40-42-44-46-49-52-55-58-61-64-71(75)80-69(62-59-56-53-50-47-24-21-18-15-12-9-3)68(67-79-81(76,77)78-66-65-73(4,5)6)72-70(74)63-60-57-54-51-48-45-43-41-30-28-26-23-20-17-14-11-8-2/h11,14,17,19-20,22-23,26-30,32-33,35-36,41,43,45,48,59,62,68-69H,7-10,12-13,15-16,18,21,24-25,31,34,37-40,42,44,46-47,49-58,60-61,63-67H2,1-6H3,(H-,72,74,76,77)/b14-11-,20-17+,22-19-,26-23+,29-27-,30-28-,33-32-,36-35-,43-41+,48-45+,62-59-. The van der Waals surface area contributed by atoms with Crippen LogP contribution in [0.25, 0.3) is 0 Å². The van der Waals surface area contributed by atoms with Crippen molar-refractivity contribution in [1.82, 2.24) is 5.32 Å². The first-order valence-corrected chi connectivity index (χ1v) is 34.0. The predicted molar refractivity (Wildman–Crippen MR) is 348 cm³/mol. The van der Waals surface area contributed by atoms with E-state index in [1.165, 1.54) is 122 Å². The number of allylic oxidation sites excluding steroid dienone is 21. The lowest BCUT2D eigenvalue weighted by atomic mass is 10.0. The Hall–Kier alpha value is -3.85. The molecule has 3 atom stereocenters. The normalized spacial score (nSPS) is 14.5. The maximum absolute atomic E-state index is 13.5. The molecule has 1 amide bonds. The van der Waals surface area contributed by atoms with Gasteiger partial charge in [0.05, 0.1) is 33.8 Å². The summed E-state index contributed by atoms with van der Waals surface area (Å²) in [6, 6.07) is -0.922. The highest BCUT2D eigenvalue weighted by atomic mass is 31.2. The first-order chi connectivity index (χ1) is 39.4. The quantitative estimate of drug-likeness (QED) is 0.0161. The molecule has 0 aromatic carbocycles. The van der Waals surface area contributed by atoms with Gasteiger partial charge in [0.1, 0.15) is 19.3 Å². The van der Waals surface area contributed by atoms with Crippen LogP contribution in [0.2, 0.25) is 0 Å². The number of rotatable bonds is 57. The number of esters is 1. The Morgan fingerprint density at radius 3 is 1.33 bits per heavy atom. The van der Waals surface area contributed by atoms with Crippen molar-refractivity contribution in [3.63, 3.8) is 0 Å². The highest BCUT2D eigenvalue weighted by molar-refractivity contribution is 7.45. The van der Waals surface area contributed by atoms with E-state index >= 15 is 0 Å². The molecule has 0 aliphatic carbocycles. The molecule has 10 heteroatoms. The van der Waals surface area contributed by atoms with E-state index < -0.39 is 26.6 Å². The number of unbranched alkanes of at least 4 members (excludes halogenated alkanes) is 26. The number of likely N-dealkylation sites (N-methyl/N-ethyl adjacent to an activating group) is 1. The molecule has 0 aliphatic heterocycles. The van der Waals surface area contributed by atoms with Crippen molar-refractivity contribution in [2.75, 3.05) is 40.9 Å². The second kappa shape index (κ2) is 59.3. The average molecular weight is 1150 g/mol. The van der Waals surface area contributed by atoms with Gasteiger partial charge >= 0.3 is 5.97 Å². The van der Waals surface area contributed by atoms with E-state index in [4.69, 9.17) is 13.8 Å². The molecule has 462 valence electrons. The van der Waals surface area contributed by atoms with Gasteiger partial charge in [-0.1, -0.05) is 277 Å². The van der Waals surface area contributed by atoms with Crippen molar-refractivity contribution in [3.8, 4) is 0 Å². The molecule has 0 saturated heterocycles. The van der Waals surface area contributed by atoms with Gasteiger partial charge in [-0.2, -0.15) is 0 Å². The van der Waals surface area contributed by atoms with Gasteiger partial charge in [-0.3, -0.25) is 14.2 Å². The van der Waals surface area contributed by atoms with Crippen molar-refractivity contribution in [2.45, 2.75) is 264 Å². The average Bonchev–Trinajstić information content (AvgIpc) is 3.44. The molecule has 0 spiro atoms. The summed E-state index contributed by atoms with van der Waals surface area (Å²) in [5, 5.41) is 3.00. The second-order valence-corrected chi connectivity index (χ2v) is 24.1. The zero-order chi connectivity index (χ0) is 59.3. The van der Waals surface area contributed by atoms with Crippen molar-refractivity contribution in [1.29, 1.82) is 0 Å². The molecule has 0 radical (unpaired) electrons. The van der Waals surface area contributed by atoms with Crippen molar-refractivity contribution < 1.29 is 37.3 Å². The third-order valence-corrected chi connectivity index (χ3v) is 14.7. The number of nitrogens with zero attached hydrogens (tertiary/aromatic N) is 1. The molecule has 0 aliphatic rings. The SMILES string of the molecule is CC\C=C/C=C/C=C/C=C\C=C\C=C\CCCCCC(=O)NC(COP(=O)([O-])OCC[N+](C)(C)C)C(/C=C\CCCCCCCCCCC)OC(=O)CCCCCCCCCCCCC/C=C\C/C=C\C/C=C\C/C=C\CCCCC. The van der Waals surface area contributed by atoms with E-state index in [2.05, 4.69) is 86.8 Å². The second-order valence-electron chi connectivity index (χ2n) is 22.7. The summed E-state index contributed by atoms with van der Waals surface area (Å²) >= 11 is 0. The van der Waals surface area contributed by atoms with E-state index in [1.54, 1.807) is 0 Å². The molecular formula is C71H121N2O7P. The van der Waals surface area contributed by atoms with Gasteiger partial charge in [0.25, 0.3) is 7.82 Å². The fourth-order valence-corrected chi connectivity index (χ4v) is 9.44. The lowest BCUT2D eigenvalue weighted by Gasteiger charge is -2.30. The molecule has 0 aromatic rings. The Bertz CT molecular complexity index is 1850. The molecule has 0 fully saturated rings. The summed E-state index contributed by atoms with van der Waals surface area (Å²) in [7, 11) is 1.13. The lowest BCUT2D eigenvalue weighted by Crippen LogP contribution is -2.47. The van der Waals surface area contributed by atoms with Gasteiger partial charge in [0.2, 0.25) is 5.91 Å². The first kappa shape index (κ1) is 77.2. The van der Waals surface area contributed by atoms with Crippen LogP contribution in [0.3, 0.4) is 0 Å². The molecule has 81 heavy (non-hydrogen) atoms. The maximum atomic E-state index is 13.5. The van der Waals surface area contributed by atoms with Crippen LogP contribution in [0.1, 0.15) is 252 Å². The largest absolute Gasteiger partial charge is 0.756 e. The molecule has 1 N–H and O–H groups in total. The van der Waals surface area contributed by atoms with Gasteiger partial charge < -0.3 is 28.5 Å². The van der Waals surface area contributed by atoms with Crippen LogP contribution in [0.4, 0.5) is 0 Å². The number of quaternary nitrogens is 1. The summed E-state index contributed by atoms with van der Waals surface area (Å²) < 4.78 is 30.3. The van der Waals surface area contributed by atoms with E-state index in [0.717, 1.165) is 83.5 Å². The van der Waals surface area contributed by atoms with E-state index in [0.29, 0.717) is 23.9 Å². The molecule has 0 aromatic heterocycles. The minimum Gasteiger partial charge on any atom is -0.756 e. The molecule has 0 rings (SSSR count). The number of nitrogens with one attached hydrogen (secondary N) is 1. The highest BCUT2D eigenvalue weighted by Crippen LogP contribution is 2.38. The summed E-state index contributed by atoms with van der Waals surface area (Å²) in [6.07, 6.45) is 84.3. The number of phosphoric ester groups is 1. The van der Waals surface area contributed by atoms with Crippen LogP contribution in [0.15, 0.2) is 134 Å².